The standard InChI is InChI=1S/C31H41NO12/c1-5-39-25(36)16-10-8-6-7-9-13-17-40-31-26(32-29(37)22-14-11-12-15-23(22)30(32)38)28(43-21(4)35)27(42-20(3)34)24(44-31)18-41-19(2)33/h11-12,14-15,24,26-28,31H,5-10,13,16-18H2,1-4H3. The number of nitrogens with zero attached hydrogens (tertiary/aromatic N) is 1. The van der Waals surface area contributed by atoms with E-state index in [0.717, 1.165) is 50.9 Å². The summed E-state index contributed by atoms with van der Waals surface area (Å²) in [5.74, 6) is -3.62. The molecule has 5 unspecified atom stereocenters. The van der Waals surface area contributed by atoms with E-state index in [4.69, 9.17) is 28.4 Å². The molecular formula is C31H41NO12. The van der Waals surface area contributed by atoms with Crippen LogP contribution in [0, 0.1) is 0 Å². The van der Waals surface area contributed by atoms with Gasteiger partial charge in [-0.2, -0.15) is 0 Å². The summed E-state index contributed by atoms with van der Waals surface area (Å²) >= 11 is 0. The van der Waals surface area contributed by atoms with Crippen molar-refractivity contribution >= 4 is 35.7 Å². The Labute approximate surface area is 256 Å². The van der Waals surface area contributed by atoms with Crippen molar-refractivity contribution in [3.8, 4) is 0 Å². The van der Waals surface area contributed by atoms with E-state index in [9.17, 15) is 28.8 Å². The van der Waals surface area contributed by atoms with Gasteiger partial charge in [0.1, 0.15) is 18.8 Å². The van der Waals surface area contributed by atoms with Crippen molar-refractivity contribution in [2.75, 3.05) is 19.8 Å². The van der Waals surface area contributed by atoms with Gasteiger partial charge in [0.05, 0.1) is 17.7 Å². The predicted molar refractivity (Wildman–Crippen MR) is 152 cm³/mol. The Morgan fingerprint density at radius 2 is 1.34 bits per heavy atom. The fraction of sp³-hybridized carbons (Fsp3) is 0.613. The van der Waals surface area contributed by atoms with Gasteiger partial charge in [-0.3, -0.25) is 33.7 Å². The van der Waals surface area contributed by atoms with Crippen molar-refractivity contribution in [1.29, 1.82) is 0 Å². The normalized spacial score (nSPS) is 22.7. The minimum atomic E-state index is -1.39. The van der Waals surface area contributed by atoms with Gasteiger partial charge in [-0.15, -0.1) is 0 Å². The number of unbranched alkanes of at least 4 members (excludes halogenated alkanes) is 5. The Bertz CT molecular complexity index is 1160. The van der Waals surface area contributed by atoms with Gasteiger partial charge in [-0.1, -0.05) is 37.8 Å². The number of hydrogen-bond donors (Lipinski definition) is 0. The second-order valence-electron chi connectivity index (χ2n) is 10.6. The Balaban J connectivity index is 1.78. The van der Waals surface area contributed by atoms with Crippen molar-refractivity contribution in [1.82, 2.24) is 4.90 Å². The molecule has 0 N–H and O–H groups in total. The molecule has 1 saturated heterocycles. The summed E-state index contributed by atoms with van der Waals surface area (Å²) in [4.78, 5) is 75.5. The van der Waals surface area contributed by atoms with Crippen LogP contribution in [-0.4, -0.2) is 91.1 Å². The molecule has 0 saturated carbocycles. The zero-order chi connectivity index (χ0) is 32.2. The van der Waals surface area contributed by atoms with Crippen molar-refractivity contribution in [2.24, 2.45) is 0 Å². The summed E-state index contributed by atoms with van der Waals surface area (Å²) in [6.07, 6.45) is 0.0563. The first-order valence-corrected chi connectivity index (χ1v) is 14.9. The molecule has 2 aliphatic rings. The fourth-order valence-electron chi connectivity index (χ4n) is 5.28. The smallest absolute Gasteiger partial charge is 0.305 e. The number of hydrogen-bond acceptors (Lipinski definition) is 12. The zero-order valence-electron chi connectivity index (χ0n) is 25.6. The Morgan fingerprint density at radius 3 is 1.91 bits per heavy atom. The molecule has 1 aromatic rings. The molecule has 5 atom stereocenters. The molecule has 242 valence electrons. The van der Waals surface area contributed by atoms with Gasteiger partial charge in [0.25, 0.3) is 11.8 Å². The van der Waals surface area contributed by atoms with Crippen LogP contribution in [0.25, 0.3) is 0 Å². The SMILES string of the molecule is CCOC(=O)CCCCCCCCOC1OC(COC(C)=O)C(OC(C)=O)C(OC(C)=O)C1N1C(=O)c2ccccc2C1=O. The van der Waals surface area contributed by atoms with Gasteiger partial charge < -0.3 is 28.4 Å². The Kier molecular flexibility index (Phi) is 13.3. The second-order valence-corrected chi connectivity index (χ2v) is 10.6. The molecule has 2 amide bonds. The lowest BCUT2D eigenvalue weighted by Gasteiger charge is -2.47. The highest BCUT2D eigenvalue weighted by Gasteiger charge is 2.57. The molecule has 0 aliphatic carbocycles. The minimum Gasteiger partial charge on any atom is -0.466 e. The lowest BCUT2D eigenvalue weighted by Crippen LogP contribution is -2.67. The van der Waals surface area contributed by atoms with Crippen LogP contribution in [-0.2, 0) is 47.6 Å². The molecule has 13 nitrogen and oxygen atoms in total. The molecule has 2 aliphatic heterocycles. The maximum absolute atomic E-state index is 13.5. The van der Waals surface area contributed by atoms with Crippen LogP contribution in [0.15, 0.2) is 24.3 Å². The highest BCUT2D eigenvalue weighted by molar-refractivity contribution is 6.21. The second kappa shape index (κ2) is 16.9. The van der Waals surface area contributed by atoms with Crippen LogP contribution in [0.3, 0.4) is 0 Å². The van der Waals surface area contributed by atoms with E-state index in [-0.39, 0.29) is 30.3 Å². The number of amides is 2. The number of carbonyl (C=O) groups excluding carboxylic acids is 6. The highest BCUT2D eigenvalue weighted by atomic mass is 16.7. The number of imide groups is 1. The van der Waals surface area contributed by atoms with E-state index >= 15 is 0 Å². The van der Waals surface area contributed by atoms with E-state index in [1.807, 2.05) is 0 Å². The molecule has 3 rings (SSSR count). The third kappa shape index (κ3) is 9.33. The van der Waals surface area contributed by atoms with Crippen LogP contribution in [0.2, 0.25) is 0 Å². The number of fused-ring (bicyclic) bond motifs is 1. The summed E-state index contributed by atoms with van der Waals surface area (Å²) in [6.45, 7) is 5.42. The average Bonchev–Trinajstić information content (AvgIpc) is 3.21. The predicted octanol–water partition coefficient (Wildman–Crippen LogP) is 3.11. The van der Waals surface area contributed by atoms with Gasteiger partial charge in [0, 0.05) is 33.8 Å². The van der Waals surface area contributed by atoms with Gasteiger partial charge in [0.15, 0.2) is 18.5 Å². The maximum atomic E-state index is 13.5. The molecule has 44 heavy (non-hydrogen) atoms. The fourth-order valence-corrected chi connectivity index (χ4v) is 5.28. The van der Waals surface area contributed by atoms with Gasteiger partial charge in [-0.05, 0) is 31.9 Å². The van der Waals surface area contributed by atoms with Crippen molar-refractivity contribution < 1.29 is 57.2 Å². The van der Waals surface area contributed by atoms with Crippen LogP contribution in [0.5, 0.6) is 0 Å². The summed E-state index contributed by atoms with van der Waals surface area (Å²) in [7, 11) is 0. The highest BCUT2D eigenvalue weighted by Crippen LogP contribution is 2.35. The van der Waals surface area contributed by atoms with Crippen LogP contribution in [0.1, 0.15) is 93.4 Å². The molecule has 1 aromatic carbocycles. The van der Waals surface area contributed by atoms with Crippen LogP contribution < -0.4 is 0 Å². The van der Waals surface area contributed by atoms with Crippen LogP contribution >= 0.6 is 0 Å². The molecule has 1 fully saturated rings. The number of benzene rings is 1. The van der Waals surface area contributed by atoms with Crippen molar-refractivity contribution in [3.05, 3.63) is 35.4 Å². The molecule has 0 bridgehead atoms. The third-order valence-electron chi connectivity index (χ3n) is 7.16. The maximum Gasteiger partial charge on any atom is 0.305 e. The number of carbonyl (C=O) groups is 6. The van der Waals surface area contributed by atoms with E-state index in [0.29, 0.717) is 19.4 Å². The minimum absolute atomic E-state index is 0.159. The first kappa shape index (κ1) is 34.6. The van der Waals surface area contributed by atoms with Gasteiger partial charge in [-0.25, -0.2) is 0 Å². The summed E-state index contributed by atoms with van der Waals surface area (Å²) < 4.78 is 33.4. The Morgan fingerprint density at radius 1 is 0.773 bits per heavy atom. The average molecular weight is 620 g/mol. The topological polar surface area (TPSA) is 161 Å². The largest absolute Gasteiger partial charge is 0.466 e. The summed E-state index contributed by atoms with van der Waals surface area (Å²) in [6, 6.07) is 4.93. The summed E-state index contributed by atoms with van der Waals surface area (Å²) in [5.41, 5.74) is 0.318. The van der Waals surface area contributed by atoms with E-state index in [1.165, 1.54) is 19.1 Å². The molecule has 2 heterocycles. The monoisotopic (exact) mass is 619 g/mol. The van der Waals surface area contributed by atoms with E-state index in [2.05, 4.69) is 0 Å². The first-order chi connectivity index (χ1) is 21.0. The van der Waals surface area contributed by atoms with E-state index in [1.54, 1.807) is 19.1 Å². The Hall–Kier alpha value is -3.84. The lowest BCUT2D eigenvalue weighted by atomic mass is 9.94. The number of ether oxygens (including phenoxy) is 6. The molecule has 0 spiro atoms. The van der Waals surface area contributed by atoms with Crippen molar-refractivity contribution in [2.45, 2.75) is 103 Å². The first-order valence-electron chi connectivity index (χ1n) is 14.9. The van der Waals surface area contributed by atoms with E-state index < -0.39 is 60.4 Å². The number of esters is 4. The number of rotatable bonds is 16. The third-order valence-corrected chi connectivity index (χ3v) is 7.16. The molecule has 0 radical (unpaired) electrons. The van der Waals surface area contributed by atoms with Crippen LogP contribution in [0.4, 0.5) is 0 Å². The summed E-state index contributed by atoms with van der Waals surface area (Å²) in [5, 5.41) is 0. The van der Waals surface area contributed by atoms with Gasteiger partial charge >= 0.3 is 23.9 Å². The quantitative estimate of drug-likeness (QED) is 0.115. The lowest BCUT2D eigenvalue weighted by molar-refractivity contribution is -0.286. The van der Waals surface area contributed by atoms with Gasteiger partial charge in [0.2, 0.25) is 0 Å². The zero-order valence-corrected chi connectivity index (χ0v) is 25.6. The molecule has 0 aromatic heterocycles. The molecule has 13 heteroatoms. The molecular weight excluding hydrogens is 578 g/mol. The van der Waals surface area contributed by atoms with Crippen molar-refractivity contribution in [3.63, 3.8) is 0 Å².